The molecular weight excluding hydrogens is 504 g/mol. The van der Waals surface area contributed by atoms with Gasteiger partial charge in [0.1, 0.15) is 5.82 Å². The molecule has 2 aromatic carbocycles. The molecule has 6 rings (SSSR count). The molecule has 2 fully saturated rings. The molecule has 0 atom stereocenters. The lowest BCUT2D eigenvalue weighted by Crippen LogP contribution is -2.29. The van der Waals surface area contributed by atoms with Crippen LogP contribution in [0, 0.1) is 0 Å². The van der Waals surface area contributed by atoms with Crippen LogP contribution < -0.4 is 15.5 Å². The van der Waals surface area contributed by atoms with E-state index in [9.17, 15) is 9.59 Å². The summed E-state index contributed by atoms with van der Waals surface area (Å²) in [5.74, 6) is 0.847. The van der Waals surface area contributed by atoms with Crippen LogP contribution in [-0.4, -0.2) is 52.6 Å². The molecule has 0 bridgehead atoms. The van der Waals surface area contributed by atoms with Crippen LogP contribution in [0.5, 0.6) is 0 Å². The fraction of sp³-hybridized carbons (Fsp3) is 0.323. The molecule has 2 aliphatic rings. The van der Waals surface area contributed by atoms with E-state index in [1.165, 1.54) is 0 Å². The number of amides is 2. The predicted octanol–water partition coefficient (Wildman–Crippen LogP) is 5.44. The molecule has 2 N–H and O–H groups in total. The highest BCUT2D eigenvalue weighted by Gasteiger charge is 2.23. The van der Waals surface area contributed by atoms with Crippen LogP contribution in [0.3, 0.4) is 0 Å². The summed E-state index contributed by atoms with van der Waals surface area (Å²) in [4.78, 5) is 41.1. The van der Waals surface area contributed by atoms with E-state index in [1.54, 1.807) is 31.6 Å². The molecule has 9 heteroatoms. The summed E-state index contributed by atoms with van der Waals surface area (Å²) in [5, 5.41) is 7.09. The van der Waals surface area contributed by atoms with Crippen molar-refractivity contribution in [3.63, 3.8) is 0 Å². The lowest BCUT2D eigenvalue weighted by atomic mass is 9.93. The van der Waals surface area contributed by atoms with Gasteiger partial charge >= 0.3 is 0 Å². The van der Waals surface area contributed by atoms with E-state index in [2.05, 4.69) is 20.6 Å². The summed E-state index contributed by atoms with van der Waals surface area (Å²) < 4.78 is 5.51. The van der Waals surface area contributed by atoms with Crippen molar-refractivity contribution in [2.45, 2.75) is 50.7 Å². The average Bonchev–Trinajstić information content (AvgIpc) is 3.44. The third kappa shape index (κ3) is 5.37. The van der Waals surface area contributed by atoms with Crippen molar-refractivity contribution in [3.05, 3.63) is 72.6 Å². The number of fused-ring (bicyclic) bond motifs is 1. The van der Waals surface area contributed by atoms with Crippen LogP contribution in [-0.2, 0) is 9.53 Å². The summed E-state index contributed by atoms with van der Waals surface area (Å²) in [6.45, 7) is 0.743. The second kappa shape index (κ2) is 11.4. The molecule has 2 aromatic heterocycles. The van der Waals surface area contributed by atoms with Gasteiger partial charge in [0.05, 0.1) is 17.0 Å². The minimum Gasteiger partial charge on any atom is -0.381 e. The van der Waals surface area contributed by atoms with Crippen molar-refractivity contribution in [2.24, 2.45) is 0 Å². The smallest absolute Gasteiger partial charge is 0.256 e. The van der Waals surface area contributed by atoms with Gasteiger partial charge in [-0.05, 0) is 61.9 Å². The molecule has 1 aliphatic carbocycles. The Balaban J connectivity index is 1.34. The number of ether oxygens (including phenoxy) is 1. The maximum atomic E-state index is 12.9. The SMILES string of the molecule is CO[C@H]1CC[C@H](Nc2ncc3c(NC(=O)c4ccccc4)ncc(-c4ccc(N5CCCC5=O)cc4)c3n2)CC1. The fourth-order valence-corrected chi connectivity index (χ4v) is 5.54. The zero-order valence-electron chi connectivity index (χ0n) is 22.5. The molecule has 1 saturated heterocycles. The zero-order chi connectivity index (χ0) is 27.5. The van der Waals surface area contributed by atoms with E-state index < -0.39 is 0 Å². The second-order valence-corrected chi connectivity index (χ2v) is 10.3. The van der Waals surface area contributed by atoms with E-state index in [1.807, 2.05) is 47.4 Å². The van der Waals surface area contributed by atoms with Gasteiger partial charge in [-0.15, -0.1) is 0 Å². The van der Waals surface area contributed by atoms with Crippen molar-refractivity contribution < 1.29 is 14.3 Å². The van der Waals surface area contributed by atoms with Gasteiger partial charge in [0, 0.05) is 55.3 Å². The van der Waals surface area contributed by atoms with E-state index >= 15 is 0 Å². The van der Waals surface area contributed by atoms with Crippen LogP contribution in [0.1, 0.15) is 48.9 Å². The number of aromatic nitrogens is 3. The molecule has 1 saturated carbocycles. The van der Waals surface area contributed by atoms with Crippen LogP contribution in [0.25, 0.3) is 22.0 Å². The Bertz CT molecular complexity index is 1520. The van der Waals surface area contributed by atoms with Gasteiger partial charge in [-0.25, -0.2) is 15.0 Å². The first kappa shape index (κ1) is 25.9. The third-order valence-corrected chi connectivity index (χ3v) is 7.79. The Hall–Kier alpha value is -4.37. The Morgan fingerprint density at radius 3 is 2.45 bits per heavy atom. The maximum Gasteiger partial charge on any atom is 0.256 e. The first-order chi connectivity index (χ1) is 19.6. The first-order valence-corrected chi connectivity index (χ1v) is 13.8. The zero-order valence-corrected chi connectivity index (χ0v) is 22.5. The van der Waals surface area contributed by atoms with Crippen molar-refractivity contribution in [3.8, 4) is 11.1 Å². The van der Waals surface area contributed by atoms with E-state index in [-0.39, 0.29) is 17.9 Å². The molecule has 204 valence electrons. The molecule has 3 heterocycles. The second-order valence-electron chi connectivity index (χ2n) is 10.3. The van der Waals surface area contributed by atoms with Crippen molar-refractivity contribution in [1.29, 1.82) is 0 Å². The standard InChI is InChI=1S/C31H32N6O3/c1-40-24-15-11-22(12-16-24)34-31-33-19-26-28(35-31)25(18-32-29(26)36-30(39)21-6-3-2-4-7-21)20-9-13-23(14-10-20)37-17-5-8-27(37)38/h2-4,6-7,9-10,13-14,18-19,22,24H,5,8,11-12,15-17H2,1H3,(H,32,36,39)(H,33,34,35)/t22-,24-. The van der Waals surface area contributed by atoms with Crippen LogP contribution >= 0.6 is 0 Å². The summed E-state index contributed by atoms with van der Waals surface area (Å²) in [5.41, 5.74) is 3.85. The molecule has 0 unspecified atom stereocenters. The Morgan fingerprint density at radius 2 is 1.75 bits per heavy atom. The van der Waals surface area contributed by atoms with Crippen LogP contribution in [0.2, 0.25) is 0 Å². The van der Waals surface area contributed by atoms with Crippen molar-refractivity contribution in [1.82, 2.24) is 15.0 Å². The maximum absolute atomic E-state index is 12.9. The number of pyridine rings is 1. The van der Waals surface area contributed by atoms with Gasteiger partial charge in [-0.2, -0.15) is 0 Å². The van der Waals surface area contributed by atoms with Crippen LogP contribution in [0.15, 0.2) is 67.0 Å². The summed E-state index contributed by atoms with van der Waals surface area (Å²) in [7, 11) is 1.77. The molecule has 40 heavy (non-hydrogen) atoms. The minimum atomic E-state index is -0.251. The highest BCUT2D eigenvalue weighted by molar-refractivity contribution is 6.09. The number of carbonyl (C=O) groups excluding carboxylic acids is 2. The molecular formula is C31H32N6O3. The number of nitrogens with zero attached hydrogens (tertiary/aromatic N) is 4. The lowest BCUT2D eigenvalue weighted by Gasteiger charge is -2.28. The highest BCUT2D eigenvalue weighted by Crippen LogP contribution is 2.33. The molecule has 0 spiro atoms. The lowest BCUT2D eigenvalue weighted by molar-refractivity contribution is -0.117. The fourth-order valence-electron chi connectivity index (χ4n) is 5.54. The molecule has 1 aliphatic heterocycles. The summed E-state index contributed by atoms with van der Waals surface area (Å²) in [6, 6.07) is 17.2. The normalized spacial score (nSPS) is 19.1. The van der Waals surface area contributed by atoms with E-state index in [0.29, 0.717) is 40.8 Å². The summed E-state index contributed by atoms with van der Waals surface area (Å²) in [6.07, 6.45) is 9.20. The first-order valence-electron chi connectivity index (χ1n) is 13.8. The molecule has 2 amide bonds. The number of hydrogen-bond acceptors (Lipinski definition) is 7. The molecule has 9 nitrogen and oxygen atoms in total. The number of anilines is 3. The van der Waals surface area contributed by atoms with Gasteiger partial charge in [0.15, 0.2) is 0 Å². The van der Waals surface area contributed by atoms with Gasteiger partial charge in [-0.1, -0.05) is 30.3 Å². The monoisotopic (exact) mass is 536 g/mol. The van der Waals surface area contributed by atoms with Gasteiger partial charge in [0.25, 0.3) is 5.91 Å². The average molecular weight is 537 g/mol. The highest BCUT2D eigenvalue weighted by atomic mass is 16.5. The number of benzene rings is 2. The topological polar surface area (TPSA) is 109 Å². The third-order valence-electron chi connectivity index (χ3n) is 7.79. The minimum absolute atomic E-state index is 0.154. The van der Waals surface area contributed by atoms with Crippen LogP contribution in [0.4, 0.5) is 17.5 Å². The molecule has 4 aromatic rings. The van der Waals surface area contributed by atoms with Gasteiger partial charge in [-0.3, -0.25) is 9.59 Å². The number of carbonyl (C=O) groups is 2. The predicted molar refractivity (Wildman–Crippen MR) is 155 cm³/mol. The number of hydrogen-bond donors (Lipinski definition) is 2. The Kier molecular flexibility index (Phi) is 7.37. The Labute approximate surface area is 233 Å². The van der Waals surface area contributed by atoms with E-state index in [4.69, 9.17) is 9.72 Å². The van der Waals surface area contributed by atoms with Gasteiger partial charge < -0.3 is 20.3 Å². The molecule has 0 radical (unpaired) electrons. The van der Waals surface area contributed by atoms with Crippen molar-refractivity contribution in [2.75, 3.05) is 29.2 Å². The van der Waals surface area contributed by atoms with E-state index in [0.717, 1.165) is 55.5 Å². The largest absolute Gasteiger partial charge is 0.381 e. The number of methoxy groups -OCH3 is 1. The van der Waals surface area contributed by atoms with Gasteiger partial charge in [0.2, 0.25) is 11.9 Å². The van der Waals surface area contributed by atoms with Crippen molar-refractivity contribution >= 4 is 40.2 Å². The Morgan fingerprint density at radius 1 is 0.975 bits per heavy atom. The summed E-state index contributed by atoms with van der Waals surface area (Å²) >= 11 is 0. The number of rotatable bonds is 7. The quantitative estimate of drug-likeness (QED) is 0.324. The number of nitrogens with one attached hydrogen (secondary N) is 2.